The standard InChI is InChI=1S/C24H31N3O5.2ClH/c1-31-19-9-7-17(8-10-19)24(30)25-15-20-22(23(29)21(16-28)32-20)27-13-11-26(12-14-27)18-5-3-2-4-6-18;;/h2-10,20-23,28-29H,11-16H2,1H3,(H,25,30);2*1H/t20-,21+,22+,23-;;/m1../s1. The number of aliphatic hydroxyl groups is 2. The Morgan fingerprint density at radius 3 is 2.26 bits per heavy atom. The van der Waals surface area contributed by atoms with Crippen molar-refractivity contribution in [3.63, 3.8) is 0 Å². The molecule has 1 amide bonds. The first-order valence-electron chi connectivity index (χ1n) is 11.0. The molecule has 3 N–H and O–H groups in total. The molecule has 4 rings (SSSR count). The molecule has 0 aliphatic carbocycles. The molecule has 2 aliphatic rings. The number of carbonyl (C=O) groups excluding carboxylic acids is 1. The minimum atomic E-state index is -0.814. The first kappa shape index (κ1) is 28.2. The largest absolute Gasteiger partial charge is 0.497 e. The van der Waals surface area contributed by atoms with Crippen LogP contribution in [0.15, 0.2) is 54.6 Å². The third-order valence-electron chi connectivity index (χ3n) is 6.31. The first-order valence-corrected chi connectivity index (χ1v) is 11.0. The van der Waals surface area contributed by atoms with E-state index in [1.54, 1.807) is 31.4 Å². The topological polar surface area (TPSA) is 94.5 Å². The summed E-state index contributed by atoms with van der Waals surface area (Å²) in [5.74, 6) is 0.468. The van der Waals surface area contributed by atoms with Crippen molar-refractivity contribution in [1.82, 2.24) is 10.2 Å². The zero-order valence-corrected chi connectivity index (χ0v) is 20.7. The quantitative estimate of drug-likeness (QED) is 0.517. The number of ether oxygens (including phenoxy) is 2. The van der Waals surface area contributed by atoms with Crippen molar-refractivity contribution in [3.8, 4) is 5.75 Å². The molecule has 2 aliphatic heterocycles. The Kier molecular flexibility index (Phi) is 10.9. The second-order valence-corrected chi connectivity index (χ2v) is 8.17. The molecule has 188 valence electrons. The highest BCUT2D eigenvalue weighted by Crippen LogP contribution is 2.27. The lowest BCUT2D eigenvalue weighted by molar-refractivity contribution is -0.0209. The zero-order chi connectivity index (χ0) is 22.5. The van der Waals surface area contributed by atoms with Crippen molar-refractivity contribution in [2.24, 2.45) is 0 Å². The van der Waals surface area contributed by atoms with Gasteiger partial charge >= 0.3 is 0 Å². The maximum absolute atomic E-state index is 12.6. The van der Waals surface area contributed by atoms with E-state index >= 15 is 0 Å². The number of hydrogen-bond donors (Lipinski definition) is 3. The van der Waals surface area contributed by atoms with Gasteiger partial charge in [0, 0.05) is 44.0 Å². The number of rotatable bonds is 7. The van der Waals surface area contributed by atoms with Crippen LogP contribution >= 0.6 is 24.8 Å². The molecular weight excluding hydrogens is 481 g/mol. The molecule has 0 radical (unpaired) electrons. The number of methoxy groups -OCH3 is 1. The van der Waals surface area contributed by atoms with Crippen LogP contribution in [0.25, 0.3) is 0 Å². The fraction of sp³-hybridized carbons (Fsp3) is 0.458. The molecule has 10 heteroatoms. The van der Waals surface area contributed by atoms with E-state index in [-0.39, 0.29) is 49.9 Å². The SMILES string of the molecule is COc1ccc(C(=O)NC[C@H]2O[C@@H](CO)[C@@H](O)[C@H]2N2CCN(c3ccccc3)CC2)cc1.Cl.Cl. The normalized spacial score (nSPS) is 24.6. The third kappa shape index (κ3) is 6.33. The Labute approximate surface area is 212 Å². The highest BCUT2D eigenvalue weighted by Gasteiger charge is 2.46. The van der Waals surface area contributed by atoms with Crippen LogP contribution in [0.4, 0.5) is 5.69 Å². The Balaban J connectivity index is 0.00000204. The molecule has 0 bridgehead atoms. The van der Waals surface area contributed by atoms with E-state index in [4.69, 9.17) is 9.47 Å². The summed E-state index contributed by atoms with van der Waals surface area (Å²) >= 11 is 0. The van der Waals surface area contributed by atoms with Crippen molar-refractivity contribution < 1.29 is 24.5 Å². The van der Waals surface area contributed by atoms with Crippen molar-refractivity contribution >= 4 is 36.4 Å². The van der Waals surface area contributed by atoms with Crippen LogP contribution in [0.3, 0.4) is 0 Å². The number of nitrogens with one attached hydrogen (secondary N) is 1. The molecule has 2 saturated heterocycles. The molecule has 0 aromatic heterocycles. The number of nitrogens with zero attached hydrogens (tertiary/aromatic N) is 2. The summed E-state index contributed by atoms with van der Waals surface area (Å²) in [6.07, 6.45) is -1.88. The fourth-order valence-corrected chi connectivity index (χ4v) is 4.55. The van der Waals surface area contributed by atoms with E-state index in [0.717, 1.165) is 26.2 Å². The van der Waals surface area contributed by atoms with Crippen molar-refractivity contribution in [1.29, 1.82) is 0 Å². The van der Waals surface area contributed by atoms with Gasteiger partial charge in [-0.3, -0.25) is 9.69 Å². The predicted molar refractivity (Wildman–Crippen MR) is 136 cm³/mol. The van der Waals surface area contributed by atoms with Crippen LogP contribution in [0.1, 0.15) is 10.4 Å². The average Bonchev–Trinajstić information content (AvgIpc) is 3.18. The summed E-state index contributed by atoms with van der Waals surface area (Å²) in [6, 6.07) is 16.9. The molecule has 2 heterocycles. The number of piperazine rings is 1. The maximum Gasteiger partial charge on any atom is 0.251 e. The van der Waals surface area contributed by atoms with Gasteiger partial charge < -0.3 is 29.9 Å². The summed E-state index contributed by atoms with van der Waals surface area (Å²) in [5.41, 5.74) is 1.71. The van der Waals surface area contributed by atoms with Gasteiger partial charge in [-0.15, -0.1) is 24.8 Å². The maximum atomic E-state index is 12.6. The van der Waals surface area contributed by atoms with Crippen LogP contribution in [0, 0.1) is 0 Å². The molecule has 2 fully saturated rings. The Bertz CT molecular complexity index is 882. The molecule has 34 heavy (non-hydrogen) atoms. The molecule has 2 aromatic carbocycles. The number of carbonyl (C=O) groups is 1. The molecule has 4 atom stereocenters. The number of para-hydroxylation sites is 1. The van der Waals surface area contributed by atoms with E-state index in [1.807, 2.05) is 18.2 Å². The Morgan fingerprint density at radius 1 is 1.03 bits per heavy atom. The van der Waals surface area contributed by atoms with Crippen LogP contribution in [-0.4, -0.2) is 91.8 Å². The molecule has 8 nitrogen and oxygen atoms in total. The number of benzene rings is 2. The summed E-state index contributed by atoms with van der Waals surface area (Å²) in [5, 5.41) is 23.4. The van der Waals surface area contributed by atoms with E-state index in [2.05, 4.69) is 27.2 Å². The zero-order valence-electron chi connectivity index (χ0n) is 19.1. The van der Waals surface area contributed by atoms with E-state index in [1.165, 1.54) is 5.69 Å². The predicted octanol–water partition coefficient (Wildman–Crippen LogP) is 1.58. The van der Waals surface area contributed by atoms with Crippen LogP contribution < -0.4 is 15.0 Å². The summed E-state index contributed by atoms with van der Waals surface area (Å²) in [4.78, 5) is 17.1. The van der Waals surface area contributed by atoms with Gasteiger partial charge in [-0.25, -0.2) is 0 Å². The van der Waals surface area contributed by atoms with E-state index in [0.29, 0.717) is 11.3 Å². The number of aliphatic hydroxyl groups excluding tert-OH is 2. The van der Waals surface area contributed by atoms with Crippen LogP contribution in [-0.2, 0) is 4.74 Å². The van der Waals surface area contributed by atoms with Gasteiger partial charge in [0.2, 0.25) is 0 Å². The Morgan fingerprint density at radius 2 is 1.68 bits per heavy atom. The minimum absolute atomic E-state index is 0. The van der Waals surface area contributed by atoms with Gasteiger partial charge in [-0.05, 0) is 36.4 Å². The lowest BCUT2D eigenvalue weighted by atomic mass is 10.0. The van der Waals surface area contributed by atoms with Crippen molar-refractivity contribution in [2.45, 2.75) is 24.4 Å². The summed E-state index contributed by atoms with van der Waals surface area (Å²) in [6.45, 7) is 3.19. The van der Waals surface area contributed by atoms with Gasteiger partial charge in [0.1, 0.15) is 18.0 Å². The van der Waals surface area contributed by atoms with E-state index < -0.39 is 18.3 Å². The first-order chi connectivity index (χ1) is 15.6. The summed E-state index contributed by atoms with van der Waals surface area (Å²) in [7, 11) is 1.58. The molecule has 0 spiro atoms. The highest BCUT2D eigenvalue weighted by atomic mass is 35.5. The van der Waals surface area contributed by atoms with Crippen LogP contribution in [0.2, 0.25) is 0 Å². The fourth-order valence-electron chi connectivity index (χ4n) is 4.55. The van der Waals surface area contributed by atoms with E-state index in [9.17, 15) is 15.0 Å². The lowest BCUT2D eigenvalue weighted by Crippen LogP contribution is -2.57. The van der Waals surface area contributed by atoms with Crippen LogP contribution in [0.5, 0.6) is 5.75 Å². The highest BCUT2D eigenvalue weighted by molar-refractivity contribution is 5.94. The van der Waals surface area contributed by atoms with Gasteiger partial charge in [-0.2, -0.15) is 0 Å². The molecule has 0 unspecified atom stereocenters. The molecule has 0 saturated carbocycles. The van der Waals surface area contributed by atoms with Crippen molar-refractivity contribution in [2.75, 3.05) is 51.3 Å². The van der Waals surface area contributed by atoms with Gasteiger partial charge in [-0.1, -0.05) is 18.2 Å². The number of halogens is 2. The number of hydrogen-bond acceptors (Lipinski definition) is 7. The second kappa shape index (κ2) is 13.1. The number of amides is 1. The third-order valence-corrected chi connectivity index (χ3v) is 6.31. The smallest absolute Gasteiger partial charge is 0.251 e. The van der Waals surface area contributed by atoms with Gasteiger partial charge in [0.05, 0.1) is 25.9 Å². The van der Waals surface area contributed by atoms with Gasteiger partial charge in [0.25, 0.3) is 5.91 Å². The second-order valence-electron chi connectivity index (χ2n) is 8.17. The minimum Gasteiger partial charge on any atom is -0.497 e. The van der Waals surface area contributed by atoms with Crippen molar-refractivity contribution in [3.05, 3.63) is 60.2 Å². The lowest BCUT2D eigenvalue weighted by Gasteiger charge is -2.41. The monoisotopic (exact) mass is 513 g/mol. The number of anilines is 1. The summed E-state index contributed by atoms with van der Waals surface area (Å²) < 4.78 is 11.1. The molecular formula is C24H33Cl2N3O5. The average molecular weight is 514 g/mol. The Hall–Kier alpha value is -2.07. The molecule has 2 aromatic rings. The van der Waals surface area contributed by atoms with Gasteiger partial charge in [0.15, 0.2) is 0 Å².